The lowest BCUT2D eigenvalue weighted by atomic mass is 10.1. The van der Waals surface area contributed by atoms with E-state index >= 15 is 0 Å². The number of methoxy groups -OCH3 is 2. The van der Waals surface area contributed by atoms with Gasteiger partial charge in [-0.3, -0.25) is 0 Å². The molecule has 0 saturated heterocycles. The molecule has 2 amide bonds. The number of alkyl halides is 3. The highest BCUT2D eigenvalue weighted by atomic mass is 32.2. The van der Waals surface area contributed by atoms with Crippen LogP contribution in [0.25, 0.3) is 0 Å². The van der Waals surface area contributed by atoms with Crippen LogP contribution in [0, 0.1) is 0 Å². The van der Waals surface area contributed by atoms with Crippen molar-refractivity contribution < 1.29 is 40.0 Å². The predicted octanol–water partition coefficient (Wildman–Crippen LogP) is 5.72. The Morgan fingerprint density at radius 1 is 0.974 bits per heavy atom. The van der Waals surface area contributed by atoms with Gasteiger partial charge in [-0.2, -0.15) is 21.6 Å². The highest BCUT2D eigenvalue weighted by Gasteiger charge is 2.32. The van der Waals surface area contributed by atoms with Crippen LogP contribution < -0.4 is 14.2 Å². The second kappa shape index (κ2) is 12.9. The van der Waals surface area contributed by atoms with Crippen molar-refractivity contribution in [2.75, 3.05) is 32.7 Å². The summed E-state index contributed by atoms with van der Waals surface area (Å²) in [7, 11) is -1.85. The minimum absolute atomic E-state index is 0.0408. The van der Waals surface area contributed by atoms with Gasteiger partial charge in [0.2, 0.25) is 0 Å². The Hall–Kier alpha value is -3.77. The van der Waals surface area contributed by atoms with Crippen LogP contribution in [0.15, 0.2) is 71.6 Å². The van der Waals surface area contributed by atoms with Gasteiger partial charge in [-0.05, 0) is 53.9 Å². The average molecular weight is 567 g/mol. The molecule has 0 unspecified atom stereocenters. The molecule has 0 aliphatic rings. The van der Waals surface area contributed by atoms with Crippen LogP contribution in [0.4, 0.5) is 23.7 Å². The van der Waals surface area contributed by atoms with Crippen LogP contribution in [-0.4, -0.2) is 46.7 Å². The number of carbonyl (C=O) groups excluding carboxylic acids is 1. The first-order valence-electron chi connectivity index (χ1n) is 11.9. The zero-order chi connectivity index (χ0) is 28.6. The van der Waals surface area contributed by atoms with Crippen LogP contribution in [-0.2, 0) is 34.0 Å². The number of nitrogens with zero attached hydrogens (tertiary/aromatic N) is 1. The Kier molecular flexibility index (Phi) is 9.81. The van der Waals surface area contributed by atoms with Gasteiger partial charge in [0.05, 0.1) is 19.3 Å². The third kappa shape index (κ3) is 7.87. The molecule has 0 bridgehead atoms. The second-order valence-corrected chi connectivity index (χ2v) is 9.95. The van der Waals surface area contributed by atoms with Gasteiger partial charge in [0.1, 0.15) is 4.90 Å². The molecule has 0 radical (unpaired) electrons. The number of ether oxygens (including phenoxy) is 2. The van der Waals surface area contributed by atoms with Crippen LogP contribution in [0.3, 0.4) is 0 Å². The van der Waals surface area contributed by atoms with Gasteiger partial charge in [-0.15, -0.1) is 0 Å². The summed E-state index contributed by atoms with van der Waals surface area (Å²) < 4.78 is 80.6. The lowest BCUT2D eigenvalue weighted by Crippen LogP contribution is -2.37. The molecule has 1 N–H and O–H groups in total. The van der Waals surface area contributed by atoms with Crippen molar-refractivity contribution in [3.05, 3.63) is 83.4 Å². The van der Waals surface area contributed by atoms with Crippen LogP contribution in [0.5, 0.6) is 11.5 Å². The van der Waals surface area contributed by atoms with E-state index < -0.39 is 32.8 Å². The molecule has 3 aromatic carbocycles. The monoisotopic (exact) mass is 566 g/mol. The maximum atomic E-state index is 13.1. The summed E-state index contributed by atoms with van der Waals surface area (Å²) in [5.41, 5.74) is 0.980. The fourth-order valence-corrected chi connectivity index (χ4v) is 4.68. The van der Waals surface area contributed by atoms with Crippen molar-refractivity contribution in [1.29, 1.82) is 0 Å². The Morgan fingerprint density at radius 2 is 1.72 bits per heavy atom. The molecule has 0 heterocycles. The highest BCUT2D eigenvalue weighted by molar-refractivity contribution is 7.87. The van der Waals surface area contributed by atoms with Crippen molar-refractivity contribution >= 4 is 21.8 Å². The number of para-hydroxylation sites is 1. The minimum Gasteiger partial charge on any atom is -0.493 e. The molecular weight excluding hydrogens is 537 g/mol. The maximum Gasteiger partial charge on any atom is 0.416 e. The molecular formula is C27H29F3N2O6S. The Balaban J connectivity index is 1.87. The Morgan fingerprint density at radius 3 is 2.38 bits per heavy atom. The summed E-state index contributed by atoms with van der Waals surface area (Å²) in [6.07, 6.45) is -4.01. The second-order valence-electron chi connectivity index (χ2n) is 8.40. The summed E-state index contributed by atoms with van der Waals surface area (Å²) in [6.45, 7) is 2.49. The van der Waals surface area contributed by atoms with E-state index in [-0.39, 0.29) is 31.2 Å². The van der Waals surface area contributed by atoms with Crippen molar-refractivity contribution in [3.8, 4) is 11.5 Å². The van der Waals surface area contributed by atoms with Gasteiger partial charge < -0.3 is 23.9 Å². The molecule has 0 atom stereocenters. The quantitative estimate of drug-likeness (QED) is 0.298. The molecule has 210 valence electrons. The van der Waals surface area contributed by atoms with Crippen molar-refractivity contribution in [3.63, 3.8) is 0 Å². The van der Waals surface area contributed by atoms with Crippen LogP contribution >= 0.6 is 0 Å². The third-order valence-corrected chi connectivity index (χ3v) is 6.97. The van der Waals surface area contributed by atoms with E-state index in [4.69, 9.17) is 13.7 Å². The lowest BCUT2D eigenvalue weighted by Gasteiger charge is -2.24. The standard InChI is InChI=1S/C27H29F3N2O6S/c1-4-20-8-5-6-11-23(20)31-26(33)32(14-15-36-2)18-19-12-13-24(37-3)25(16-19)38-39(34,35)22-10-7-9-21(17-22)27(28,29)30/h5-13,16-17H,4,14-15,18H2,1-3H3,(H,31,33). The number of carbonyl (C=O) groups is 1. The van der Waals surface area contributed by atoms with Gasteiger partial charge in [-0.1, -0.05) is 37.3 Å². The van der Waals surface area contributed by atoms with Crippen molar-refractivity contribution in [2.45, 2.75) is 31.0 Å². The van der Waals surface area contributed by atoms with Crippen molar-refractivity contribution in [2.24, 2.45) is 0 Å². The number of anilines is 1. The Labute approximate surface area is 225 Å². The molecule has 0 aliphatic heterocycles. The first-order valence-corrected chi connectivity index (χ1v) is 13.3. The van der Waals surface area contributed by atoms with Gasteiger partial charge in [0, 0.05) is 25.9 Å². The zero-order valence-electron chi connectivity index (χ0n) is 21.6. The van der Waals surface area contributed by atoms with E-state index in [9.17, 15) is 26.4 Å². The first kappa shape index (κ1) is 29.8. The fraction of sp³-hybridized carbons (Fsp3) is 0.296. The molecule has 8 nitrogen and oxygen atoms in total. The number of hydrogen-bond donors (Lipinski definition) is 1. The number of halogens is 3. The molecule has 0 spiro atoms. The molecule has 0 aromatic heterocycles. The minimum atomic E-state index is -4.73. The SMILES string of the molecule is CCc1ccccc1NC(=O)N(CCOC)Cc1ccc(OC)c(OS(=O)(=O)c2cccc(C(F)(F)F)c2)c1. The largest absolute Gasteiger partial charge is 0.493 e. The van der Waals surface area contributed by atoms with Crippen LogP contribution in [0.2, 0.25) is 0 Å². The number of nitrogens with one attached hydrogen (secondary N) is 1. The molecule has 0 saturated carbocycles. The summed E-state index contributed by atoms with van der Waals surface area (Å²) in [4.78, 5) is 14.0. The summed E-state index contributed by atoms with van der Waals surface area (Å²) in [6, 6.07) is 14.7. The summed E-state index contributed by atoms with van der Waals surface area (Å²) in [5, 5.41) is 2.89. The van der Waals surface area contributed by atoms with E-state index in [1.807, 2.05) is 25.1 Å². The van der Waals surface area contributed by atoms with Gasteiger partial charge in [0.25, 0.3) is 0 Å². The van der Waals surface area contributed by atoms with E-state index in [0.717, 1.165) is 23.8 Å². The molecule has 39 heavy (non-hydrogen) atoms. The average Bonchev–Trinajstić information content (AvgIpc) is 2.90. The smallest absolute Gasteiger partial charge is 0.416 e. The van der Waals surface area contributed by atoms with Gasteiger partial charge in [-0.25, -0.2) is 4.79 Å². The predicted molar refractivity (Wildman–Crippen MR) is 139 cm³/mol. The number of hydrogen-bond acceptors (Lipinski definition) is 6. The van der Waals surface area contributed by atoms with E-state index in [0.29, 0.717) is 23.7 Å². The topological polar surface area (TPSA) is 94.2 Å². The molecule has 3 aromatic rings. The van der Waals surface area contributed by atoms with Gasteiger partial charge >= 0.3 is 22.3 Å². The number of amides is 2. The summed E-state index contributed by atoms with van der Waals surface area (Å²) >= 11 is 0. The number of rotatable bonds is 11. The third-order valence-electron chi connectivity index (χ3n) is 5.74. The van der Waals surface area contributed by atoms with Crippen molar-refractivity contribution in [1.82, 2.24) is 4.90 Å². The van der Waals surface area contributed by atoms with E-state index in [2.05, 4.69) is 5.32 Å². The van der Waals surface area contributed by atoms with Crippen LogP contribution in [0.1, 0.15) is 23.6 Å². The molecule has 0 fully saturated rings. The first-order chi connectivity index (χ1) is 18.5. The lowest BCUT2D eigenvalue weighted by molar-refractivity contribution is -0.137. The molecule has 0 aliphatic carbocycles. The maximum absolute atomic E-state index is 13.1. The Bertz CT molecular complexity index is 1400. The highest BCUT2D eigenvalue weighted by Crippen LogP contribution is 2.34. The van der Waals surface area contributed by atoms with E-state index in [1.54, 1.807) is 12.1 Å². The number of urea groups is 1. The zero-order valence-corrected chi connectivity index (χ0v) is 22.4. The molecule has 3 rings (SSSR count). The number of benzene rings is 3. The van der Waals surface area contributed by atoms with Gasteiger partial charge in [0.15, 0.2) is 11.5 Å². The fourth-order valence-electron chi connectivity index (χ4n) is 3.70. The van der Waals surface area contributed by atoms with E-state index in [1.165, 1.54) is 31.3 Å². The summed E-state index contributed by atoms with van der Waals surface area (Å²) in [5.74, 6) is -0.199. The number of aryl methyl sites for hydroxylation is 1. The molecule has 12 heteroatoms. The normalized spacial score (nSPS) is 11.6.